The predicted molar refractivity (Wildman–Crippen MR) is 129 cm³/mol. The Morgan fingerprint density at radius 3 is 2.37 bits per heavy atom. The molecule has 7 nitrogen and oxygen atoms in total. The van der Waals surface area contributed by atoms with E-state index in [1.54, 1.807) is 38.5 Å². The van der Waals surface area contributed by atoms with Crippen LogP contribution in [-0.2, 0) is 11.8 Å². The lowest BCUT2D eigenvalue weighted by Crippen LogP contribution is -2.64. The van der Waals surface area contributed by atoms with Gasteiger partial charge in [-0.05, 0) is 100.0 Å². The van der Waals surface area contributed by atoms with E-state index >= 15 is 0 Å². The summed E-state index contributed by atoms with van der Waals surface area (Å²) in [5.41, 5.74) is 1.93. The molecule has 0 saturated heterocycles. The van der Waals surface area contributed by atoms with Gasteiger partial charge in [0.1, 0.15) is 5.82 Å². The molecule has 2 unspecified atom stereocenters. The Labute approximate surface area is 204 Å². The molecule has 4 aliphatic carbocycles. The van der Waals surface area contributed by atoms with Gasteiger partial charge in [-0.15, -0.1) is 0 Å². The van der Waals surface area contributed by atoms with Crippen LogP contribution in [0.25, 0.3) is 0 Å². The van der Waals surface area contributed by atoms with E-state index in [9.17, 15) is 23.9 Å². The first-order valence-electron chi connectivity index (χ1n) is 12.3. The van der Waals surface area contributed by atoms with E-state index in [4.69, 9.17) is 0 Å². The van der Waals surface area contributed by atoms with Crippen LogP contribution in [0.1, 0.15) is 69.8 Å². The van der Waals surface area contributed by atoms with Gasteiger partial charge in [0.05, 0.1) is 17.4 Å². The summed E-state index contributed by atoms with van der Waals surface area (Å²) in [5, 5.41) is 16.3. The maximum atomic E-state index is 13.6. The van der Waals surface area contributed by atoms with Crippen molar-refractivity contribution in [3.63, 3.8) is 0 Å². The van der Waals surface area contributed by atoms with Gasteiger partial charge in [0.15, 0.2) is 0 Å². The molecule has 4 aliphatic rings. The lowest BCUT2D eigenvalue weighted by atomic mass is 9.51. The summed E-state index contributed by atoms with van der Waals surface area (Å²) in [5.74, 6) is -1.26. The summed E-state index contributed by atoms with van der Waals surface area (Å²) in [6.45, 7) is 5.01. The number of halogens is 1. The van der Waals surface area contributed by atoms with Crippen molar-refractivity contribution in [1.29, 1.82) is 0 Å². The second-order valence-corrected chi connectivity index (χ2v) is 10.9. The van der Waals surface area contributed by atoms with E-state index in [0.29, 0.717) is 46.8 Å². The number of hydrogen-bond donors (Lipinski definition) is 3. The standard InChI is InChI=1S/C27H32FN3O4/c1-13-7-19(5-6-20(13)28)29-25(34)21-14(2)22(31(4)15(21)3)24(33)26(35)30-27-10-16-8-17(11-27)23(32)18(9-16)12-27/h5-7,16-18,23,32H,8-12H2,1-4H3,(H,29,34)(H,30,35). The minimum Gasteiger partial charge on any atom is -0.393 e. The van der Waals surface area contributed by atoms with Crippen molar-refractivity contribution in [1.82, 2.24) is 9.88 Å². The van der Waals surface area contributed by atoms with Crippen molar-refractivity contribution < 1.29 is 23.9 Å². The summed E-state index contributed by atoms with van der Waals surface area (Å²) < 4.78 is 15.2. The maximum absolute atomic E-state index is 13.6. The molecule has 0 radical (unpaired) electrons. The fourth-order valence-electron chi connectivity index (χ4n) is 7.11. The molecule has 1 aromatic heterocycles. The van der Waals surface area contributed by atoms with E-state index < -0.39 is 23.1 Å². The van der Waals surface area contributed by atoms with E-state index in [1.165, 1.54) is 12.1 Å². The van der Waals surface area contributed by atoms with Crippen LogP contribution < -0.4 is 10.6 Å². The van der Waals surface area contributed by atoms with Gasteiger partial charge < -0.3 is 20.3 Å². The van der Waals surface area contributed by atoms with E-state index in [0.717, 1.165) is 19.3 Å². The highest BCUT2D eigenvalue weighted by molar-refractivity contribution is 6.43. The van der Waals surface area contributed by atoms with Crippen molar-refractivity contribution in [3.8, 4) is 0 Å². The van der Waals surface area contributed by atoms with Gasteiger partial charge in [-0.25, -0.2) is 4.39 Å². The molecule has 1 aromatic carbocycles. The number of benzene rings is 1. The first-order chi connectivity index (χ1) is 16.5. The predicted octanol–water partition coefficient (Wildman–Crippen LogP) is 3.58. The van der Waals surface area contributed by atoms with Gasteiger partial charge in [0, 0.05) is 24.0 Å². The van der Waals surface area contributed by atoms with Gasteiger partial charge >= 0.3 is 0 Å². The summed E-state index contributed by atoms with van der Waals surface area (Å²) in [4.78, 5) is 39.6. The first-order valence-corrected chi connectivity index (χ1v) is 12.3. The van der Waals surface area contributed by atoms with Crippen LogP contribution in [0.2, 0.25) is 0 Å². The van der Waals surface area contributed by atoms with Crippen molar-refractivity contribution in [2.45, 2.75) is 64.5 Å². The lowest BCUT2D eigenvalue weighted by molar-refractivity contribution is -0.133. The number of hydrogen-bond acceptors (Lipinski definition) is 4. The van der Waals surface area contributed by atoms with Gasteiger partial charge in [-0.3, -0.25) is 14.4 Å². The van der Waals surface area contributed by atoms with Crippen LogP contribution in [0, 0.1) is 44.3 Å². The second-order valence-electron chi connectivity index (χ2n) is 10.9. The molecule has 4 bridgehead atoms. The highest BCUT2D eigenvalue weighted by Crippen LogP contribution is 2.55. The molecular formula is C27H32FN3O4. The van der Waals surface area contributed by atoms with E-state index in [-0.39, 0.29) is 29.5 Å². The van der Waals surface area contributed by atoms with Crippen LogP contribution in [0.3, 0.4) is 0 Å². The average molecular weight is 482 g/mol. The minimum atomic E-state index is -0.666. The number of amides is 2. The largest absolute Gasteiger partial charge is 0.393 e. The Hall–Kier alpha value is -3.00. The Morgan fingerprint density at radius 2 is 1.74 bits per heavy atom. The van der Waals surface area contributed by atoms with Crippen LogP contribution in [0.4, 0.5) is 10.1 Å². The molecule has 0 aliphatic heterocycles. The topological polar surface area (TPSA) is 100 Å². The number of anilines is 1. The summed E-state index contributed by atoms with van der Waals surface area (Å²) in [6, 6.07) is 4.32. The maximum Gasteiger partial charge on any atom is 0.294 e. The van der Waals surface area contributed by atoms with Gasteiger partial charge in [0.25, 0.3) is 17.6 Å². The minimum absolute atomic E-state index is 0.182. The highest BCUT2D eigenvalue weighted by atomic mass is 19.1. The summed E-state index contributed by atoms with van der Waals surface area (Å²) >= 11 is 0. The van der Waals surface area contributed by atoms with E-state index in [2.05, 4.69) is 10.6 Å². The fourth-order valence-corrected chi connectivity index (χ4v) is 7.11. The zero-order valence-electron chi connectivity index (χ0n) is 20.6. The van der Waals surface area contributed by atoms with Crippen LogP contribution in [-0.4, -0.2) is 38.9 Å². The number of nitrogens with zero attached hydrogens (tertiary/aromatic N) is 1. The molecule has 4 fully saturated rings. The summed E-state index contributed by atoms with van der Waals surface area (Å²) in [7, 11) is 1.67. The molecule has 4 saturated carbocycles. The van der Waals surface area contributed by atoms with Crippen molar-refractivity contribution >= 4 is 23.3 Å². The number of aryl methyl sites for hydroxylation is 1. The number of Topliss-reactive ketones (excluding diaryl/α,β-unsaturated/α-hetero) is 1. The zero-order valence-corrected chi connectivity index (χ0v) is 20.6. The lowest BCUT2D eigenvalue weighted by Gasteiger charge is -2.58. The molecular weight excluding hydrogens is 449 g/mol. The van der Waals surface area contributed by atoms with Gasteiger partial charge in [-0.1, -0.05) is 0 Å². The monoisotopic (exact) mass is 481 g/mol. The molecule has 3 N–H and O–H groups in total. The smallest absolute Gasteiger partial charge is 0.294 e. The van der Waals surface area contributed by atoms with Gasteiger partial charge in [-0.2, -0.15) is 0 Å². The van der Waals surface area contributed by atoms with Crippen molar-refractivity contribution in [3.05, 3.63) is 52.1 Å². The highest BCUT2D eigenvalue weighted by Gasteiger charge is 2.56. The molecule has 6 rings (SSSR count). The molecule has 1 heterocycles. The Bertz CT molecular complexity index is 1230. The van der Waals surface area contributed by atoms with Gasteiger partial charge in [0.2, 0.25) is 0 Å². The van der Waals surface area contributed by atoms with Crippen molar-refractivity contribution in [2.24, 2.45) is 24.8 Å². The third kappa shape index (κ3) is 3.88. The number of aliphatic hydroxyl groups excluding tert-OH is 1. The number of carbonyl (C=O) groups is 3. The molecule has 2 atom stereocenters. The molecule has 35 heavy (non-hydrogen) atoms. The number of ketones is 1. The Balaban J connectivity index is 1.37. The molecule has 0 spiro atoms. The van der Waals surface area contributed by atoms with Crippen LogP contribution >= 0.6 is 0 Å². The Morgan fingerprint density at radius 1 is 1.09 bits per heavy atom. The zero-order chi connectivity index (χ0) is 25.2. The number of rotatable bonds is 5. The van der Waals surface area contributed by atoms with Crippen LogP contribution in [0.15, 0.2) is 18.2 Å². The van der Waals surface area contributed by atoms with E-state index in [1.807, 2.05) is 0 Å². The second kappa shape index (κ2) is 8.29. The molecule has 186 valence electrons. The summed E-state index contributed by atoms with van der Waals surface area (Å²) in [6.07, 6.45) is 3.93. The van der Waals surface area contributed by atoms with Crippen molar-refractivity contribution in [2.75, 3.05) is 5.32 Å². The average Bonchev–Trinajstić information content (AvgIpc) is 3.01. The first kappa shape index (κ1) is 23.7. The SMILES string of the molecule is Cc1cc(NC(=O)c2c(C)c(C(=O)C(=O)NC34CC5CC(C3)C(O)C(C5)C4)n(C)c2C)ccc1F. The third-order valence-electron chi connectivity index (χ3n) is 8.60. The fraction of sp³-hybridized carbons (Fsp3) is 0.519. The quantitative estimate of drug-likeness (QED) is 0.449. The normalized spacial score (nSPS) is 28.7. The third-order valence-corrected chi connectivity index (χ3v) is 8.60. The Kier molecular flexibility index (Phi) is 5.62. The number of aromatic nitrogens is 1. The number of nitrogens with one attached hydrogen (secondary N) is 2. The molecule has 8 heteroatoms. The van der Waals surface area contributed by atoms with Crippen LogP contribution in [0.5, 0.6) is 0 Å². The molecule has 2 aromatic rings. The number of carbonyl (C=O) groups excluding carboxylic acids is 3. The number of aliphatic hydroxyl groups is 1. The molecule has 2 amide bonds.